The van der Waals surface area contributed by atoms with Crippen LogP contribution >= 0.6 is 0 Å². The first-order valence-corrected chi connectivity index (χ1v) is 10.8. The molecular weight excluding hydrogens is 368 g/mol. The van der Waals surface area contributed by atoms with E-state index in [4.69, 9.17) is 9.72 Å². The minimum Gasteiger partial charge on any atom is -0.493 e. The highest BCUT2D eigenvalue weighted by Gasteiger charge is 2.14. The highest BCUT2D eigenvalue weighted by molar-refractivity contribution is 5.81. The molecule has 3 heteroatoms. The minimum atomic E-state index is 0.732. The van der Waals surface area contributed by atoms with Crippen molar-refractivity contribution in [3.05, 3.63) is 82.9 Å². The first-order valence-electron chi connectivity index (χ1n) is 10.8. The summed E-state index contributed by atoms with van der Waals surface area (Å²) in [6.07, 6.45) is 2.05. The van der Waals surface area contributed by atoms with Gasteiger partial charge < -0.3 is 9.30 Å². The van der Waals surface area contributed by atoms with E-state index in [1.54, 1.807) is 0 Å². The van der Waals surface area contributed by atoms with Crippen molar-refractivity contribution < 1.29 is 4.74 Å². The maximum Gasteiger partial charge on any atom is 0.141 e. The first kappa shape index (κ1) is 20.2. The summed E-state index contributed by atoms with van der Waals surface area (Å²) in [4.78, 5) is 4.97. The van der Waals surface area contributed by atoms with Crippen molar-refractivity contribution in [1.82, 2.24) is 9.55 Å². The van der Waals surface area contributed by atoms with E-state index in [1.807, 2.05) is 0 Å². The second kappa shape index (κ2) is 8.74. The normalized spacial score (nSPS) is 11.2. The van der Waals surface area contributed by atoms with Crippen molar-refractivity contribution >= 4 is 11.0 Å². The Balaban J connectivity index is 1.49. The maximum absolute atomic E-state index is 6.02. The molecule has 0 bridgehead atoms. The predicted molar refractivity (Wildman–Crippen MR) is 125 cm³/mol. The fourth-order valence-corrected chi connectivity index (χ4v) is 4.09. The molecule has 4 aromatic rings. The lowest BCUT2D eigenvalue weighted by molar-refractivity contribution is 0.301. The van der Waals surface area contributed by atoms with Crippen LogP contribution in [0.5, 0.6) is 5.75 Å². The quantitative estimate of drug-likeness (QED) is 0.320. The van der Waals surface area contributed by atoms with E-state index in [9.17, 15) is 0 Å². The summed E-state index contributed by atoms with van der Waals surface area (Å²) in [5.74, 6) is 2.05. The van der Waals surface area contributed by atoms with Crippen molar-refractivity contribution in [2.24, 2.45) is 0 Å². The third-order valence-corrected chi connectivity index (χ3v) is 5.64. The van der Waals surface area contributed by atoms with Crippen LogP contribution in [0.25, 0.3) is 22.4 Å². The molecule has 1 aromatic heterocycles. The molecule has 0 saturated carbocycles. The molecule has 0 aliphatic rings. The molecule has 0 amide bonds. The van der Waals surface area contributed by atoms with Crippen LogP contribution in [0, 0.1) is 27.7 Å². The van der Waals surface area contributed by atoms with Gasteiger partial charge in [-0.05, 0) is 69.9 Å². The zero-order valence-electron chi connectivity index (χ0n) is 18.4. The number of benzene rings is 3. The maximum atomic E-state index is 6.02. The molecule has 0 aliphatic heterocycles. The second-order valence-corrected chi connectivity index (χ2v) is 8.22. The van der Waals surface area contributed by atoms with Gasteiger partial charge in [0.05, 0.1) is 17.6 Å². The van der Waals surface area contributed by atoms with Crippen LogP contribution in [0.4, 0.5) is 0 Å². The van der Waals surface area contributed by atoms with Gasteiger partial charge in [-0.3, -0.25) is 0 Å². The molecule has 0 atom stereocenters. The molecule has 0 fully saturated rings. The van der Waals surface area contributed by atoms with Crippen LogP contribution in [-0.4, -0.2) is 16.2 Å². The molecule has 0 radical (unpaired) electrons. The molecule has 4 rings (SSSR count). The fraction of sp³-hybridized carbons (Fsp3) is 0.296. The topological polar surface area (TPSA) is 27.1 Å². The standard InChI is InChI=1S/C27H30N2O/c1-19-11-13-23(21(3)17-19)27-28-24-9-5-6-10-25(24)29(27)15-7-8-16-30-26-14-12-20(2)18-22(26)4/h5-6,9-14,17-18H,7-8,15-16H2,1-4H3. The number of para-hydroxylation sites is 2. The molecule has 0 spiro atoms. The van der Waals surface area contributed by atoms with E-state index in [-0.39, 0.29) is 0 Å². The van der Waals surface area contributed by atoms with Crippen molar-refractivity contribution in [3.63, 3.8) is 0 Å². The zero-order chi connectivity index (χ0) is 21.1. The van der Waals surface area contributed by atoms with Crippen molar-refractivity contribution in [2.75, 3.05) is 6.61 Å². The fourth-order valence-electron chi connectivity index (χ4n) is 4.09. The molecule has 0 N–H and O–H groups in total. The van der Waals surface area contributed by atoms with Crippen LogP contribution in [0.2, 0.25) is 0 Å². The highest BCUT2D eigenvalue weighted by Crippen LogP contribution is 2.28. The van der Waals surface area contributed by atoms with E-state index in [0.717, 1.165) is 43.1 Å². The van der Waals surface area contributed by atoms with Crippen LogP contribution in [0.15, 0.2) is 60.7 Å². The Hall–Kier alpha value is -3.07. The Labute approximate surface area is 179 Å². The van der Waals surface area contributed by atoms with Gasteiger partial charge >= 0.3 is 0 Å². The molecule has 0 saturated heterocycles. The van der Waals surface area contributed by atoms with Crippen molar-refractivity contribution in [3.8, 4) is 17.1 Å². The molecule has 3 nitrogen and oxygen atoms in total. The molecule has 0 aliphatic carbocycles. The number of unbranched alkanes of at least 4 members (excludes halogenated alkanes) is 1. The summed E-state index contributed by atoms with van der Waals surface area (Å²) in [7, 11) is 0. The van der Waals surface area contributed by atoms with Crippen molar-refractivity contribution in [1.29, 1.82) is 0 Å². The lowest BCUT2D eigenvalue weighted by Crippen LogP contribution is -2.05. The van der Waals surface area contributed by atoms with E-state index < -0.39 is 0 Å². The van der Waals surface area contributed by atoms with Gasteiger partial charge in [0.2, 0.25) is 0 Å². The van der Waals surface area contributed by atoms with Gasteiger partial charge in [-0.2, -0.15) is 0 Å². The largest absolute Gasteiger partial charge is 0.493 e. The summed E-state index contributed by atoms with van der Waals surface area (Å²) in [5, 5.41) is 0. The monoisotopic (exact) mass is 398 g/mol. The van der Waals surface area contributed by atoms with Gasteiger partial charge in [-0.1, -0.05) is 53.6 Å². The summed E-state index contributed by atoms with van der Waals surface area (Å²) in [5.41, 5.74) is 8.48. The number of rotatable bonds is 7. The molecule has 0 unspecified atom stereocenters. The number of nitrogens with zero attached hydrogens (tertiary/aromatic N) is 2. The van der Waals surface area contributed by atoms with E-state index >= 15 is 0 Å². The van der Waals surface area contributed by atoms with Gasteiger partial charge in [0, 0.05) is 12.1 Å². The summed E-state index contributed by atoms with van der Waals surface area (Å²) in [6.45, 7) is 10.2. The third kappa shape index (κ3) is 4.25. The zero-order valence-corrected chi connectivity index (χ0v) is 18.4. The predicted octanol–water partition coefficient (Wildman–Crippen LogP) is 6.80. The third-order valence-electron chi connectivity index (χ3n) is 5.64. The summed E-state index contributed by atoms with van der Waals surface area (Å²) in [6, 6.07) is 21.4. The van der Waals surface area contributed by atoms with Gasteiger partial charge in [0.25, 0.3) is 0 Å². The van der Waals surface area contributed by atoms with Crippen LogP contribution in [0.1, 0.15) is 35.1 Å². The number of imidazole rings is 1. The van der Waals surface area contributed by atoms with Crippen LogP contribution in [-0.2, 0) is 6.54 Å². The SMILES string of the molecule is Cc1ccc(OCCCCn2c(-c3ccc(C)cc3C)nc3ccccc32)c(C)c1. The minimum absolute atomic E-state index is 0.732. The van der Waals surface area contributed by atoms with E-state index in [0.29, 0.717) is 0 Å². The number of fused-ring (bicyclic) bond motifs is 1. The summed E-state index contributed by atoms with van der Waals surface area (Å²) >= 11 is 0. The molecule has 154 valence electrons. The highest BCUT2D eigenvalue weighted by atomic mass is 16.5. The lowest BCUT2D eigenvalue weighted by atomic mass is 10.1. The van der Waals surface area contributed by atoms with Gasteiger partial charge in [0.15, 0.2) is 0 Å². The lowest BCUT2D eigenvalue weighted by Gasteiger charge is -2.13. The number of hydrogen-bond donors (Lipinski definition) is 0. The van der Waals surface area contributed by atoms with Crippen LogP contribution in [0.3, 0.4) is 0 Å². The Morgan fingerprint density at radius 2 is 1.53 bits per heavy atom. The molecule has 1 heterocycles. The average Bonchev–Trinajstić information content (AvgIpc) is 3.07. The number of ether oxygens (including phenoxy) is 1. The smallest absolute Gasteiger partial charge is 0.141 e. The average molecular weight is 399 g/mol. The molecule has 3 aromatic carbocycles. The van der Waals surface area contributed by atoms with E-state index in [2.05, 4.69) is 92.9 Å². The summed E-state index contributed by atoms with van der Waals surface area (Å²) < 4.78 is 8.39. The van der Waals surface area contributed by atoms with E-state index in [1.165, 1.54) is 33.3 Å². The Kier molecular flexibility index (Phi) is 5.89. The number of aryl methyl sites for hydroxylation is 5. The van der Waals surface area contributed by atoms with Gasteiger partial charge in [-0.25, -0.2) is 4.98 Å². The number of hydrogen-bond acceptors (Lipinski definition) is 2. The molecule has 30 heavy (non-hydrogen) atoms. The Morgan fingerprint density at radius 3 is 2.30 bits per heavy atom. The number of aromatic nitrogens is 2. The van der Waals surface area contributed by atoms with Gasteiger partial charge in [-0.15, -0.1) is 0 Å². The Bertz CT molecular complexity index is 1170. The molecular formula is C27H30N2O. The van der Waals surface area contributed by atoms with Crippen LogP contribution < -0.4 is 4.74 Å². The first-order chi connectivity index (χ1) is 14.5. The van der Waals surface area contributed by atoms with Gasteiger partial charge in [0.1, 0.15) is 11.6 Å². The van der Waals surface area contributed by atoms with Crippen molar-refractivity contribution in [2.45, 2.75) is 47.1 Å². The Morgan fingerprint density at radius 1 is 0.800 bits per heavy atom. The second-order valence-electron chi connectivity index (χ2n) is 8.22.